The molecular formula is C26H35ClO7. The summed E-state index contributed by atoms with van der Waals surface area (Å²) in [6.45, 7) is 4.03. The van der Waals surface area contributed by atoms with Gasteiger partial charge in [-0.15, -0.1) is 0 Å². The Labute approximate surface area is 205 Å². The minimum Gasteiger partial charge on any atom is -0.394 e. The molecule has 3 rings (SSSR count). The maximum absolute atomic E-state index is 10.7. The maximum Gasteiger partial charge on any atom is 0.113 e. The van der Waals surface area contributed by atoms with Crippen molar-refractivity contribution >= 4 is 11.6 Å². The van der Waals surface area contributed by atoms with E-state index in [0.717, 1.165) is 17.5 Å². The lowest BCUT2D eigenvalue weighted by Gasteiger charge is -2.41. The number of benzene rings is 2. The number of halogens is 1. The second kappa shape index (κ2) is 12.4. The molecule has 1 saturated heterocycles. The summed E-state index contributed by atoms with van der Waals surface area (Å²) in [5, 5.41) is 41.5. The van der Waals surface area contributed by atoms with Crippen molar-refractivity contribution in [2.75, 3.05) is 20.3 Å². The van der Waals surface area contributed by atoms with Crippen LogP contribution in [0.25, 0.3) is 0 Å². The molecule has 0 bridgehead atoms. The Hall–Kier alpha value is -1.55. The van der Waals surface area contributed by atoms with Crippen LogP contribution in [0.15, 0.2) is 36.4 Å². The van der Waals surface area contributed by atoms with Crippen LogP contribution in [-0.4, -0.2) is 71.3 Å². The van der Waals surface area contributed by atoms with Crippen molar-refractivity contribution in [2.45, 2.75) is 69.9 Å². The van der Waals surface area contributed by atoms with E-state index < -0.39 is 37.1 Å². The fraction of sp³-hybridized carbons (Fsp3) is 0.538. The minimum absolute atomic E-state index is 0.100. The van der Waals surface area contributed by atoms with Gasteiger partial charge in [-0.05, 0) is 53.6 Å². The molecule has 0 amide bonds. The predicted molar refractivity (Wildman–Crippen MR) is 129 cm³/mol. The second-order valence-electron chi connectivity index (χ2n) is 8.80. The van der Waals surface area contributed by atoms with Crippen LogP contribution in [0, 0.1) is 0 Å². The molecule has 7 nitrogen and oxygen atoms in total. The van der Waals surface area contributed by atoms with Crippen LogP contribution < -0.4 is 0 Å². The Kier molecular flexibility index (Phi) is 9.88. The fourth-order valence-corrected chi connectivity index (χ4v) is 4.33. The molecule has 0 radical (unpaired) electrons. The summed E-state index contributed by atoms with van der Waals surface area (Å²) in [6, 6.07) is 11.9. The van der Waals surface area contributed by atoms with Gasteiger partial charge in [0.1, 0.15) is 30.5 Å². The summed E-state index contributed by atoms with van der Waals surface area (Å²) >= 11 is 6.65. The van der Waals surface area contributed by atoms with Crippen LogP contribution in [0.1, 0.15) is 47.8 Å². The van der Waals surface area contributed by atoms with Gasteiger partial charge in [-0.3, -0.25) is 0 Å². The average molecular weight is 495 g/mol. The normalized spacial score (nSPS) is 25.9. The molecule has 0 aliphatic carbocycles. The fourth-order valence-electron chi connectivity index (χ4n) is 4.08. The molecule has 0 aromatic heterocycles. The van der Waals surface area contributed by atoms with Crippen molar-refractivity contribution in [2.24, 2.45) is 0 Å². The first kappa shape index (κ1) is 27.0. The van der Waals surface area contributed by atoms with Crippen LogP contribution in [0.4, 0.5) is 0 Å². The summed E-state index contributed by atoms with van der Waals surface area (Å²) in [6.07, 6.45) is -4.86. The zero-order valence-corrected chi connectivity index (χ0v) is 20.6. The molecule has 1 unspecified atom stereocenters. The molecule has 0 spiro atoms. The van der Waals surface area contributed by atoms with Gasteiger partial charge in [0.2, 0.25) is 0 Å². The Morgan fingerprint density at radius 3 is 2.29 bits per heavy atom. The van der Waals surface area contributed by atoms with Gasteiger partial charge in [0.05, 0.1) is 25.9 Å². The zero-order valence-electron chi connectivity index (χ0n) is 19.9. The molecule has 34 heavy (non-hydrogen) atoms. The number of rotatable bonds is 10. The molecule has 2 aromatic rings. The van der Waals surface area contributed by atoms with Crippen molar-refractivity contribution in [3.63, 3.8) is 0 Å². The first-order chi connectivity index (χ1) is 16.3. The third-order valence-corrected chi connectivity index (χ3v) is 6.70. The van der Waals surface area contributed by atoms with Gasteiger partial charge in [-0.1, -0.05) is 48.9 Å². The van der Waals surface area contributed by atoms with E-state index >= 15 is 0 Å². The Balaban J connectivity index is 1.95. The summed E-state index contributed by atoms with van der Waals surface area (Å²) in [5.41, 5.74) is 4.42. The average Bonchev–Trinajstić information content (AvgIpc) is 2.85. The zero-order chi connectivity index (χ0) is 24.8. The lowest BCUT2D eigenvalue weighted by Crippen LogP contribution is -2.55. The van der Waals surface area contributed by atoms with Crippen LogP contribution in [0.5, 0.6) is 0 Å². The smallest absolute Gasteiger partial charge is 0.113 e. The van der Waals surface area contributed by atoms with E-state index in [-0.39, 0.29) is 12.7 Å². The largest absolute Gasteiger partial charge is 0.394 e. The SMILES string of the molecule is CCc1ccc(Cc2cc([C@@H]3O[C@H](CO)[C@@H](O)[C@H](O)[C@H]3O)c(COCC(C)OC)cc2Cl)cc1. The van der Waals surface area contributed by atoms with Gasteiger partial charge in [0, 0.05) is 12.1 Å². The van der Waals surface area contributed by atoms with Gasteiger partial charge >= 0.3 is 0 Å². The number of aryl methyl sites for hydroxylation is 1. The molecule has 4 N–H and O–H groups in total. The molecule has 1 aliphatic heterocycles. The predicted octanol–water partition coefficient (Wildman–Crippen LogP) is 2.56. The molecular weight excluding hydrogens is 460 g/mol. The number of ether oxygens (including phenoxy) is 3. The van der Waals surface area contributed by atoms with Gasteiger partial charge < -0.3 is 34.6 Å². The van der Waals surface area contributed by atoms with E-state index in [2.05, 4.69) is 31.2 Å². The van der Waals surface area contributed by atoms with Crippen LogP contribution >= 0.6 is 11.6 Å². The van der Waals surface area contributed by atoms with Gasteiger partial charge in [-0.2, -0.15) is 0 Å². The Morgan fingerprint density at radius 1 is 1.00 bits per heavy atom. The van der Waals surface area contributed by atoms with E-state index in [9.17, 15) is 20.4 Å². The van der Waals surface area contributed by atoms with E-state index in [1.165, 1.54) is 5.56 Å². The van der Waals surface area contributed by atoms with Gasteiger partial charge in [0.15, 0.2) is 0 Å². The van der Waals surface area contributed by atoms with Crippen molar-refractivity contribution in [1.29, 1.82) is 0 Å². The number of methoxy groups -OCH3 is 1. The quantitative estimate of drug-likeness (QED) is 0.402. The molecule has 2 aromatic carbocycles. The van der Waals surface area contributed by atoms with E-state index in [4.69, 9.17) is 25.8 Å². The molecule has 8 heteroatoms. The monoisotopic (exact) mass is 494 g/mol. The van der Waals surface area contributed by atoms with Crippen molar-refractivity contribution in [1.82, 2.24) is 0 Å². The summed E-state index contributed by atoms with van der Waals surface area (Å²) < 4.78 is 16.9. The van der Waals surface area contributed by atoms with Gasteiger partial charge in [-0.25, -0.2) is 0 Å². The summed E-state index contributed by atoms with van der Waals surface area (Å²) in [7, 11) is 1.60. The number of hydrogen-bond donors (Lipinski definition) is 4. The number of aliphatic hydroxyl groups excluding tert-OH is 4. The van der Waals surface area contributed by atoms with Crippen LogP contribution in [0.2, 0.25) is 5.02 Å². The lowest BCUT2D eigenvalue weighted by atomic mass is 9.87. The highest BCUT2D eigenvalue weighted by molar-refractivity contribution is 6.31. The second-order valence-corrected chi connectivity index (χ2v) is 9.21. The molecule has 0 saturated carbocycles. The lowest BCUT2D eigenvalue weighted by molar-refractivity contribution is -0.232. The molecule has 1 fully saturated rings. The minimum atomic E-state index is -1.47. The van der Waals surface area contributed by atoms with Crippen molar-refractivity contribution in [3.05, 3.63) is 69.2 Å². The van der Waals surface area contributed by atoms with Crippen LogP contribution in [0.3, 0.4) is 0 Å². The molecule has 188 valence electrons. The third kappa shape index (κ3) is 6.36. The first-order valence-electron chi connectivity index (χ1n) is 11.6. The van der Waals surface area contributed by atoms with Gasteiger partial charge in [0.25, 0.3) is 0 Å². The number of aliphatic hydroxyl groups is 4. The van der Waals surface area contributed by atoms with Crippen LogP contribution in [-0.2, 0) is 33.7 Å². The maximum atomic E-state index is 10.7. The van der Waals surface area contributed by atoms with Crippen molar-refractivity contribution in [3.8, 4) is 0 Å². The third-order valence-electron chi connectivity index (χ3n) is 6.35. The Bertz CT molecular complexity index is 918. The molecule has 1 heterocycles. The van der Waals surface area contributed by atoms with E-state index in [0.29, 0.717) is 29.2 Å². The topological polar surface area (TPSA) is 109 Å². The Morgan fingerprint density at radius 2 is 1.68 bits per heavy atom. The van der Waals surface area contributed by atoms with E-state index in [1.807, 2.05) is 13.0 Å². The summed E-state index contributed by atoms with van der Waals surface area (Å²) in [5.74, 6) is 0. The van der Waals surface area contributed by atoms with Crippen molar-refractivity contribution < 1.29 is 34.6 Å². The highest BCUT2D eigenvalue weighted by atomic mass is 35.5. The highest BCUT2D eigenvalue weighted by Gasteiger charge is 2.44. The van der Waals surface area contributed by atoms with E-state index in [1.54, 1.807) is 13.2 Å². The molecule has 1 aliphatic rings. The highest BCUT2D eigenvalue weighted by Crippen LogP contribution is 2.37. The number of hydrogen-bond acceptors (Lipinski definition) is 7. The summed E-state index contributed by atoms with van der Waals surface area (Å²) in [4.78, 5) is 0. The standard InChI is InChI=1S/C26H35ClO7/c1-4-16-5-7-17(8-6-16)9-18-10-20(19(11-21(18)27)14-33-13-15(2)32-3)26-25(31)24(30)23(29)22(12-28)34-26/h5-8,10-11,15,22-26,28-31H,4,9,12-14H2,1-3H3/t15?,22-,23-,24+,25-,26+/m1/s1. The first-order valence-corrected chi connectivity index (χ1v) is 12.0. The molecule has 6 atom stereocenters.